The first-order valence-corrected chi connectivity index (χ1v) is 25.5. The molecule has 0 radical (unpaired) electrons. The Hall–Kier alpha value is -6.64. The summed E-state index contributed by atoms with van der Waals surface area (Å²) in [5, 5.41) is 31.9. The van der Waals surface area contributed by atoms with Crippen LogP contribution in [0.3, 0.4) is 0 Å². The molecule has 2 aliphatic heterocycles. The summed E-state index contributed by atoms with van der Waals surface area (Å²) in [4.78, 5) is 2.55. The van der Waals surface area contributed by atoms with E-state index in [1.54, 1.807) is 24.3 Å². The minimum absolute atomic E-state index is 0.108. The third-order valence-corrected chi connectivity index (χ3v) is 18.9. The summed E-state index contributed by atoms with van der Waals surface area (Å²) in [5.74, 6) is -0.366. The molecular formula is C59H61F3N4O2Si. The van der Waals surface area contributed by atoms with E-state index in [0.29, 0.717) is 18.9 Å². The molecule has 2 heterocycles. The summed E-state index contributed by atoms with van der Waals surface area (Å²) in [5.41, 5.74) is 1.39. The van der Waals surface area contributed by atoms with Crippen LogP contribution >= 0.6 is 0 Å². The molecule has 10 heteroatoms. The Bertz CT molecular complexity index is 2840. The van der Waals surface area contributed by atoms with Gasteiger partial charge in [0.05, 0.1) is 6.61 Å². The molecule has 2 atom stereocenters. The lowest BCUT2D eigenvalue weighted by molar-refractivity contribution is -0.249. The number of benzene rings is 4. The van der Waals surface area contributed by atoms with Crippen molar-refractivity contribution in [2.24, 2.45) is 5.41 Å². The monoisotopic (exact) mass is 942 g/mol. The largest absolute Gasteiger partial charge is 0.465 e. The Labute approximate surface area is 407 Å². The Balaban J connectivity index is 1.19. The van der Waals surface area contributed by atoms with Gasteiger partial charge in [0.15, 0.2) is 11.3 Å². The van der Waals surface area contributed by atoms with E-state index in [1.807, 2.05) is 6.07 Å². The van der Waals surface area contributed by atoms with Gasteiger partial charge in [0.2, 0.25) is 0 Å². The number of fused-ring (bicyclic) bond motifs is 1. The van der Waals surface area contributed by atoms with E-state index in [-0.39, 0.29) is 21.6 Å². The molecule has 354 valence electrons. The molecule has 0 saturated heterocycles. The van der Waals surface area contributed by atoms with Crippen LogP contribution < -0.4 is 15.3 Å². The number of halogens is 3. The number of hydrogen-bond donors (Lipinski definition) is 0. The molecule has 2 unspecified atom stereocenters. The van der Waals surface area contributed by atoms with Crippen molar-refractivity contribution in [3.8, 4) is 18.2 Å². The molecule has 7 rings (SSSR count). The fraction of sp³-hybridized carbons (Fsp3) is 0.339. The van der Waals surface area contributed by atoms with E-state index < -0.39 is 42.6 Å². The van der Waals surface area contributed by atoms with Gasteiger partial charge in [0.25, 0.3) is 13.9 Å². The first-order chi connectivity index (χ1) is 32.6. The van der Waals surface area contributed by atoms with Crippen molar-refractivity contribution in [1.82, 2.24) is 0 Å². The molecule has 3 aliphatic rings. The number of hydrogen-bond acceptors (Lipinski definition) is 6. The molecule has 69 heavy (non-hydrogen) atoms. The molecule has 0 saturated carbocycles. The maximum absolute atomic E-state index is 15.4. The lowest BCUT2D eigenvalue weighted by Gasteiger charge is -2.49. The number of nitrogens with zero attached hydrogens (tertiary/aromatic N) is 4. The van der Waals surface area contributed by atoms with Gasteiger partial charge < -0.3 is 14.1 Å². The molecule has 1 aliphatic carbocycles. The number of rotatable bonds is 11. The third kappa shape index (κ3) is 9.69. The number of alkyl halides is 3. The molecule has 6 nitrogen and oxygen atoms in total. The van der Waals surface area contributed by atoms with Crippen LogP contribution in [0.1, 0.15) is 103 Å². The van der Waals surface area contributed by atoms with Crippen LogP contribution in [0.5, 0.6) is 0 Å². The number of ether oxygens (including phenoxy) is 1. The van der Waals surface area contributed by atoms with Gasteiger partial charge in [-0.25, -0.2) is 0 Å². The van der Waals surface area contributed by atoms with Crippen LogP contribution in [-0.2, 0) is 14.8 Å². The van der Waals surface area contributed by atoms with Gasteiger partial charge >= 0.3 is 6.18 Å². The van der Waals surface area contributed by atoms with Gasteiger partial charge in [-0.05, 0) is 107 Å². The van der Waals surface area contributed by atoms with Gasteiger partial charge in [-0.3, -0.25) is 0 Å². The molecular weight excluding hydrogens is 882 g/mol. The Kier molecular flexibility index (Phi) is 14.1. The zero-order valence-electron chi connectivity index (χ0n) is 41.1. The Morgan fingerprint density at radius 1 is 0.841 bits per heavy atom. The van der Waals surface area contributed by atoms with Crippen molar-refractivity contribution >= 4 is 30.5 Å². The normalized spacial score (nSPS) is 20.9. The van der Waals surface area contributed by atoms with Crippen LogP contribution in [0.25, 0.3) is 6.08 Å². The van der Waals surface area contributed by atoms with Crippen LogP contribution in [0.4, 0.5) is 18.9 Å². The van der Waals surface area contributed by atoms with E-state index in [2.05, 4.69) is 158 Å². The minimum atomic E-state index is -5.06. The molecule has 4 aromatic rings. The van der Waals surface area contributed by atoms with Crippen LogP contribution in [0.2, 0.25) is 5.04 Å². The van der Waals surface area contributed by atoms with Crippen molar-refractivity contribution in [2.75, 3.05) is 18.1 Å². The summed E-state index contributed by atoms with van der Waals surface area (Å²) in [6.45, 7) is 21.7. The van der Waals surface area contributed by atoms with Gasteiger partial charge in [-0.15, -0.1) is 0 Å². The van der Waals surface area contributed by atoms with Crippen molar-refractivity contribution in [3.05, 3.63) is 189 Å². The molecule has 0 N–H and O–H groups in total. The first-order valence-electron chi connectivity index (χ1n) is 23.6. The minimum Gasteiger partial charge on any atom is -0.465 e. The third-order valence-electron chi connectivity index (χ3n) is 13.9. The summed E-state index contributed by atoms with van der Waals surface area (Å²) in [6, 6.07) is 38.2. The zero-order valence-corrected chi connectivity index (χ0v) is 42.1. The molecule has 0 fully saturated rings. The maximum atomic E-state index is 15.4. The average Bonchev–Trinajstić information content (AvgIpc) is 3.63. The zero-order chi connectivity index (χ0) is 50.0. The van der Waals surface area contributed by atoms with Crippen molar-refractivity contribution < 1.29 is 22.3 Å². The number of anilines is 1. The number of allylic oxidation sites excluding steroid dienone is 8. The van der Waals surface area contributed by atoms with Crippen LogP contribution in [0.15, 0.2) is 167 Å². The predicted molar refractivity (Wildman–Crippen MR) is 273 cm³/mol. The van der Waals surface area contributed by atoms with E-state index in [4.69, 9.17) is 9.16 Å². The molecule has 0 aromatic heterocycles. The Morgan fingerprint density at radius 3 is 1.99 bits per heavy atom. The van der Waals surface area contributed by atoms with Crippen LogP contribution in [0, 0.1) is 46.3 Å². The summed E-state index contributed by atoms with van der Waals surface area (Å²) in [6.07, 6.45) is 8.25. The van der Waals surface area contributed by atoms with Crippen molar-refractivity contribution in [2.45, 2.75) is 110 Å². The molecule has 4 aromatic carbocycles. The lowest BCUT2D eigenvalue weighted by atomic mass is 9.75. The van der Waals surface area contributed by atoms with Gasteiger partial charge in [0.1, 0.15) is 23.8 Å². The highest BCUT2D eigenvalue weighted by Gasteiger charge is 2.65. The molecule has 0 amide bonds. The second-order valence-electron chi connectivity index (χ2n) is 21.0. The van der Waals surface area contributed by atoms with Crippen LogP contribution in [-0.4, -0.2) is 33.2 Å². The van der Waals surface area contributed by atoms with E-state index in [0.717, 1.165) is 41.7 Å². The van der Waals surface area contributed by atoms with Crippen molar-refractivity contribution in [3.63, 3.8) is 0 Å². The predicted octanol–water partition coefficient (Wildman–Crippen LogP) is 13.5. The maximum Gasteiger partial charge on any atom is 0.437 e. The second kappa shape index (κ2) is 19.4. The van der Waals surface area contributed by atoms with E-state index >= 15 is 13.2 Å². The van der Waals surface area contributed by atoms with Gasteiger partial charge in [-0.1, -0.05) is 169 Å². The SMILES string of the molecule is Cc1cc2c(cc1/C=C/C1=CC(=C/C=C/C3=C(C#N)C(=C(C#N)C#N)OC3(c3ccccc3)C(F)(F)F)/CC(C)(C)C1)C(C)CC(C)(C)N2CCO[Si](c1ccccc1)(c1ccccc1)C(C)(C)C. The smallest absolute Gasteiger partial charge is 0.437 e. The van der Waals surface area contributed by atoms with Crippen molar-refractivity contribution in [1.29, 1.82) is 15.8 Å². The standard InChI is InChI=1S/C59H61F3N4O2Si/c1-41-32-53-50(42(2)35-57(8,9)66(53)30-31-67-69(55(3,4)5,48-23-15-11-16-24-48)49-25-17-12-18-26-49)34-45(41)29-28-44-33-43(36-56(6,7)37-44)20-19-27-52-51(40-65)54(46(38-63)39-64)68-58(52,59(60,61)62)47-21-13-10-14-22-47/h10-29,32-34,42H,30-31,35-37H2,1-9H3/b27-19+,29-28+,43-20-. The van der Waals surface area contributed by atoms with Gasteiger partial charge in [-0.2, -0.15) is 29.0 Å². The molecule has 0 spiro atoms. The highest BCUT2D eigenvalue weighted by molar-refractivity contribution is 6.99. The van der Waals surface area contributed by atoms with Gasteiger partial charge in [0, 0.05) is 28.9 Å². The summed E-state index contributed by atoms with van der Waals surface area (Å²) in [7, 11) is -2.73. The highest BCUT2D eigenvalue weighted by atomic mass is 28.4. The lowest BCUT2D eigenvalue weighted by Crippen LogP contribution is -2.67. The summed E-state index contributed by atoms with van der Waals surface area (Å²) >= 11 is 0. The average molecular weight is 943 g/mol. The Morgan fingerprint density at radius 2 is 1.43 bits per heavy atom. The quantitative estimate of drug-likeness (QED) is 0.110. The first kappa shape index (κ1) is 50.2. The highest BCUT2D eigenvalue weighted by Crippen LogP contribution is 2.56. The van der Waals surface area contributed by atoms with E-state index in [1.165, 1.54) is 58.0 Å². The fourth-order valence-corrected chi connectivity index (χ4v) is 15.5. The topological polar surface area (TPSA) is 93.1 Å². The number of aryl methyl sites for hydroxylation is 1. The number of nitriles is 3. The molecule has 0 bridgehead atoms. The van der Waals surface area contributed by atoms with E-state index in [9.17, 15) is 15.8 Å². The fourth-order valence-electron chi connectivity index (χ4n) is 10.9. The summed E-state index contributed by atoms with van der Waals surface area (Å²) < 4.78 is 59.1. The second-order valence-corrected chi connectivity index (χ2v) is 25.3.